The molecule has 0 fully saturated rings. The molecule has 0 saturated carbocycles. The molecule has 4 rings (SSSR count). The van der Waals surface area contributed by atoms with Gasteiger partial charge in [-0.05, 0) is 61.1 Å². The van der Waals surface area contributed by atoms with Crippen molar-refractivity contribution in [2.24, 2.45) is 0 Å². The van der Waals surface area contributed by atoms with Gasteiger partial charge in [0.25, 0.3) is 5.89 Å². The van der Waals surface area contributed by atoms with E-state index >= 15 is 0 Å². The third kappa shape index (κ3) is 4.48. The number of allylic oxidation sites excluding steroid dienone is 1. The summed E-state index contributed by atoms with van der Waals surface area (Å²) in [4.78, 5) is 6.67. The van der Waals surface area contributed by atoms with Gasteiger partial charge in [-0.1, -0.05) is 28.9 Å². The molecular weight excluding hydrogens is 448 g/mol. The molecule has 0 aliphatic carbocycles. The number of benzene rings is 2. The molecule has 0 bridgehead atoms. The lowest BCUT2D eigenvalue weighted by molar-refractivity contribution is 0.183. The smallest absolute Gasteiger partial charge is 0.258 e. The van der Waals surface area contributed by atoms with E-state index < -0.39 is 0 Å². The van der Waals surface area contributed by atoms with Crippen LogP contribution in [0.5, 0.6) is 5.75 Å². The predicted molar refractivity (Wildman–Crippen MR) is 127 cm³/mol. The van der Waals surface area contributed by atoms with Crippen molar-refractivity contribution in [3.8, 4) is 17.1 Å². The quantitative estimate of drug-likeness (QED) is 0.498. The highest BCUT2D eigenvalue weighted by Gasteiger charge is 2.34. The van der Waals surface area contributed by atoms with Crippen molar-refractivity contribution in [3.05, 3.63) is 70.7 Å². The van der Waals surface area contributed by atoms with Gasteiger partial charge in [0, 0.05) is 29.9 Å². The SMILES string of the molecule is COCCN1C(=S)NC(c2cccc(OC)c2)C(c2nc(-c3ccc(Cl)cc3)no2)=C1C. The number of thiocarbonyl (C=S) groups is 1. The molecule has 0 spiro atoms. The van der Waals surface area contributed by atoms with Crippen LogP contribution in [-0.2, 0) is 4.74 Å². The molecule has 1 aliphatic heterocycles. The molecule has 2 heterocycles. The van der Waals surface area contributed by atoms with E-state index in [9.17, 15) is 0 Å². The fraction of sp³-hybridized carbons (Fsp3) is 0.261. The molecule has 1 atom stereocenters. The van der Waals surface area contributed by atoms with E-state index in [-0.39, 0.29) is 6.04 Å². The number of hydrogen-bond donors (Lipinski definition) is 1. The van der Waals surface area contributed by atoms with Gasteiger partial charge in [0.2, 0.25) is 5.82 Å². The van der Waals surface area contributed by atoms with E-state index in [0.29, 0.717) is 35.0 Å². The molecular formula is C23H23ClN4O3S. The highest BCUT2D eigenvalue weighted by atomic mass is 35.5. The van der Waals surface area contributed by atoms with Gasteiger partial charge < -0.3 is 24.2 Å². The number of nitrogens with zero attached hydrogens (tertiary/aromatic N) is 3. The van der Waals surface area contributed by atoms with Crippen LogP contribution in [0.4, 0.5) is 0 Å². The highest BCUT2D eigenvalue weighted by Crippen LogP contribution is 2.38. The first kappa shape index (κ1) is 22.3. The fourth-order valence-electron chi connectivity index (χ4n) is 3.63. The van der Waals surface area contributed by atoms with Crippen molar-refractivity contribution in [1.82, 2.24) is 20.4 Å². The minimum atomic E-state index is -0.282. The third-order valence-corrected chi connectivity index (χ3v) is 5.89. The minimum Gasteiger partial charge on any atom is -0.497 e. The Balaban J connectivity index is 1.80. The first-order valence-corrected chi connectivity index (χ1v) is 10.8. The van der Waals surface area contributed by atoms with Crippen LogP contribution >= 0.6 is 23.8 Å². The van der Waals surface area contributed by atoms with Crippen LogP contribution in [0.2, 0.25) is 5.02 Å². The van der Waals surface area contributed by atoms with Crippen LogP contribution in [-0.4, -0.2) is 47.5 Å². The zero-order valence-corrected chi connectivity index (χ0v) is 19.5. The van der Waals surface area contributed by atoms with Gasteiger partial charge in [0.05, 0.1) is 25.3 Å². The molecule has 166 valence electrons. The topological polar surface area (TPSA) is 72.7 Å². The molecule has 1 N–H and O–H groups in total. The van der Waals surface area contributed by atoms with E-state index in [2.05, 4.69) is 10.5 Å². The Morgan fingerprint density at radius 3 is 2.69 bits per heavy atom. The average Bonchev–Trinajstić information content (AvgIpc) is 3.28. The normalized spacial score (nSPS) is 16.3. The molecule has 7 nitrogen and oxygen atoms in total. The van der Waals surface area contributed by atoms with E-state index in [1.54, 1.807) is 26.4 Å². The zero-order valence-electron chi connectivity index (χ0n) is 18.0. The number of aromatic nitrogens is 2. The van der Waals surface area contributed by atoms with Crippen molar-refractivity contribution in [1.29, 1.82) is 0 Å². The predicted octanol–water partition coefficient (Wildman–Crippen LogP) is 4.71. The Morgan fingerprint density at radius 2 is 1.97 bits per heavy atom. The molecule has 2 aromatic carbocycles. The molecule has 9 heteroatoms. The van der Waals surface area contributed by atoms with Gasteiger partial charge in [-0.3, -0.25) is 0 Å². The molecule has 0 saturated heterocycles. The van der Waals surface area contributed by atoms with Crippen LogP contribution in [0.15, 0.2) is 58.8 Å². The number of methoxy groups -OCH3 is 2. The van der Waals surface area contributed by atoms with E-state index in [0.717, 1.165) is 28.1 Å². The molecule has 1 aromatic heterocycles. The van der Waals surface area contributed by atoms with Gasteiger partial charge in [0.15, 0.2) is 5.11 Å². The standard InChI is InChI=1S/C23H23ClN4O3S/c1-14-19(22-26-21(27-31-22)15-7-9-17(24)10-8-15)20(16-5-4-6-18(13-16)30-3)25-23(32)28(14)11-12-29-2/h4-10,13,20H,11-12H2,1-3H3,(H,25,32). The van der Waals surface area contributed by atoms with Crippen LogP contribution < -0.4 is 10.1 Å². The van der Waals surface area contributed by atoms with Crippen LogP contribution in [0, 0.1) is 0 Å². The van der Waals surface area contributed by atoms with Crippen molar-refractivity contribution < 1.29 is 14.0 Å². The molecule has 3 aromatic rings. The second kappa shape index (κ2) is 9.68. The summed E-state index contributed by atoms with van der Waals surface area (Å²) in [5, 5.41) is 8.87. The van der Waals surface area contributed by atoms with Gasteiger partial charge in [0.1, 0.15) is 5.75 Å². The summed E-state index contributed by atoms with van der Waals surface area (Å²) in [7, 11) is 3.30. The van der Waals surface area contributed by atoms with E-state index in [1.165, 1.54) is 0 Å². The molecule has 1 unspecified atom stereocenters. The van der Waals surface area contributed by atoms with Gasteiger partial charge in [-0.15, -0.1) is 0 Å². The fourth-order valence-corrected chi connectivity index (χ4v) is 4.10. The largest absolute Gasteiger partial charge is 0.497 e. The highest BCUT2D eigenvalue weighted by molar-refractivity contribution is 7.80. The van der Waals surface area contributed by atoms with Crippen molar-refractivity contribution in [2.75, 3.05) is 27.4 Å². The second-order valence-corrected chi connectivity index (χ2v) is 8.06. The second-order valence-electron chi connectivity index (χ2n) is 7.23. The summed E-state index contributed by atoms with van der Waals surface area (Å²) in [6, 6.07) is 14.8. The Bertz CT molecular complexity index is 1150. The maximum atomic E-state index is 6.01. The number of rotatable bonds is 7. The lowest BCUT2D eigenvalue weighted by atomic mass is 9.94. The van der Waals surface area contributed by atoms with Gasteiger partial charge in [-0.2, -0.15) is 4.98 Å². The maximum Gasteiger partial charge on any atom is 0.258 e. The van der Waals surface area contributed by atoms with Gasteiger partial charge in [-0.25, -0.2) is 0 Å². The summed E-state index contributed by atoms with van der Waals surface area (Å²) >= 11 is 11.7. The van der Waals surface area contributed by atoms with Crippen LogP contribution in [0.1, 0.15) is 24.4 Å². The Morgan fingerprint density at radius 1 is 1.19 bits per heavy atom. The Kier molecular flexibility index (Phi) is 6.74. The number of halogens is 1. The molecule has 0 amide bonds. The Labute approximate surface area is 197 Å². The van der Waals surface area contributed by atoms with Crippen LogP contribution in [0.25, 0.3) is 17.0 Å². The first-order valence-electron chi connectivity index (χ1n) is 10.0. The van der Waals surface area contributed by atoms with E-state index in [4.69, 9.17) is 42.8 Å². The van der Waals surface area contributed by atoms with Crippen LogP contribution in [0.3, 0.4) is 0 Å². The summed E-state index contributed by atoms with van der Waals surface area (Å²) in [6.07, 6.45) is 0. The van der Waals surface area contributed by atoms with Gasteiger partial charge >= 0.3 is 0 Å². The monoisotopic (exact) mass is 470 g/mol. The summed E-state index contributed by atoms with van der Waals surface area (Å²) in [5.74, 6) is 1.65. The lowest BCUT2D eigenvalue weighted by Crippen LogP contribution is -2.47. The third-order valence-electron chi connectivity index (χ3n) is 5.30. The Hall–Kier alpha value is -2.94. The maximum absolute atomic E-state index is 6.01. The first-order chi connectivity index (χ1) is 15.5. The zero-order chi connectivity index (χ0) is 22.7. The van der Waals surface area contributed by atoms with Crippen molar-refractivity contribution in [2.45, 2.75) is 13.0 Å². The molecule has 0 radical (unpaired) electrons. The minimum absolute atomic E-state index is 0.282. The summed E-state index contributed by atoms with van der Waals surface area (Å²) < 4.78 is 16.4. The molecule has 32 heavy (non-hydrogen) atoms. The summed E-state index contributed by atoms with van der Waals surface area (Å²) in [5.41, 5.74) is 3.55. The number of hydrogen-bond acceptors (Lipinski definition) is 6. The molecule has 1 aliphatic rings. The number of nitrogens with one attached hydrogen (secondary N) is 1. The van der Waals surface area contributed by atoms with E-state index in [1.807, 2.05) is 48.2 Å². The lowest BCUT2D eigenvalue weighted by Gasteiger charge is -2.37. The van der Waals surface area contributed by atoms with Crippen molar-refractivity contribution in [3.63, 3.8) is 0 Å². The van der Waals surface area contributed by atoms with Crippen molar-refractivity contribution >= 4 is 34.5 Å². The average molecular weight is 471 g/mol. The summed E-state index contributed by atoms with van der Waals surface area (Å²) in [6.45, 7) is 3.12. The number of ether oxygens (including phenoxy) is 2.